The third kappa shape index (κ3) is 6.33. The molecule has 0 aliphatic carbocycles. The highest BCUT2D eigenvalue weighted by atomic mass is 79.9. The number of aromatic nitrogens is 6. The minimum absolute atomic E-state index is 0. The van der Waals surface area contributed by atoms with Gasteiger partial charge < -0.3 is 34.0 Å². The molecule has 7 aromatic rings. The average molecular weight is 751 g/mol. The molecule has 5 aromatic heterocycles. The van der Waals surface area contributed by atoms with E-state index in [4.69, 9.17) is 0 Å². The monoisotopic (exact) mass is 748 g/mol. The summed E-state index contributed by atoms with van der Waals surface area (Å²) in [4.78, 5) is 11.1. The number of fused-ring (bicyclic) bond motifs is 2. The Bertz CT molecular complexity index is 1930. The van der Waals surface area contributed by atoms with E-state index in [1.807, 2.05) is 24.3 Å². The molecule has 0 unspecified atom stereocenters. The second-order valence-electron chi connectivity index (χ2n) is 9.58. The first-order valence-electron chi connectivity index (χ1n) is 13.1. The maximum atomic E-state index is 4.42. The number of benzene rings is 2. The number of aryl methyl sites for hydroxylation is 2. The SMILES string of the molecule is C[n+]1c(-c2ccc(/C=N/Nc3ccnc(N/N=C/c4ccc(-c5cn6ccsc6[n+]5C)cc4)n3)cc2)cn2ccsc21.[Br-].[Br-]. The van der Waals surface area contributed by atoms with Crippen molar-refractivity contribution in [3.8, 4) is 22.5 Å². The van der Waals surface area contributed by atoms with E-state index in [9.17, 15) is 0 Å². The lowest BCUT2D eigenvalue weighted by molar-refractivity contribution is -0.631. The van der Waals surface area contributed by atoms with Crippen LogP contribution in [0.3, 0.4) is 0 Å². The molecule has 0 radical (unpaired) electrons. The zero-order chi connectivity index (χ0) is 28.5. The topological polar surface area (TPSA) is 91.1 Å². The first-order chi connectivity index (χ1) is 20.6. The third-order valence-electron chi connectivity index (χ3n) is 6.89. The van der Waals surface area contributed by atoms with Gasteiger partial charge in [-0.3, -0.25) is 5.43 Å². The maximum absolute atomic E-state index is 4.42. The molecule has 0 spiro atoms. The van der Waals surface area contributed by atoms with Crippen molar-refractivity contribution in [2.45, 2.75) is 0 Å². The maximum Gasteiger partial charge on any atom is 0.345 e. The van der Waals surface area contributed by atoms with Crippen molar-refractivity contribution in [3.63, 3.8) is 0 Å². The predicted octanol–water partition coefficient (Wildman–Crippen LogP) is -1.01. The van der Waals surface area contributed by atoms with Crippen LogP contribution >= 0.6 is 22.7 Å². The first kappa shape index (κ1) is 31.2. The number of hydrazone groups is 2. The molecule has 0 bridgehead atoms. The molecule has 10 nitrogen and oxygen atoms in total. The molecule has 14 heteroatoms. The van der Waals surface area contributed by atoms with Crippen molar-refractivity contribution < 1.29 is 43.1 Å². The zero-order valence-electron chi connectivity index (χ0n) is 23.5. The van der Waals surface area contributed by atoms with Crippen LogP contribution in [-0.2, 0) is 14.1 Å². The number of halogens is 2. The Labute approximate surface area is 282 Å². The number of anilines is 2. The van der Waals surface area contributed by atoms with Gasteiger partial charge in [-0.1, -0.05) is 46.9 Å². The summed E-state index contributed by atoms with van der Waals surface area (Å²) in [6.07, 6.45) is 13.6. The molecular weight excluding hydrogens is 724 g/mol. The van der Waals surface area contributed by atoms with E-state index in [2.05, 4.69) is 123 Å². The molecule has 2 N–H and O–H groups in total. The second kappa shape index (κ2) is 13.6. The van der Waals surface area contributed by atoms with Crippen LogP contribution in [-0.4, -0.2) is 31.2 Å². The molecule has 5 heterocycles. The van der Waals surface area contributed by atoms with Gasteiger partial charge in [-0.25, -0.2) is 19.5 Å². The summed E-state index contributed by atoms with van der Waals surface area (Å²) < 4.78 is 8.67. The van der Waals surface area contributed by atoms with Crippen molar-refractivity contribution in [1.29, 1.82) is 0 Å². The second-order valence-corrected chi connectivity index (χ2v) is 11.3. The van der Waals surface area contributed by atoms with Crippen molar-refractivity contribution in [2.24, 2.45) is 24.3 Å². The molecule has 0 saturated carbocycles. The smallest absolute Gasteiger partial charge is 0.345 e. The van der Waals surface area contributed by atoms with Gasteiger partial charge in [0.25, 0.3) is 0 Å². The highest BCUT2D eigenvalue weighted by Gasteiger charge is 2.17. The Hall–Kier alpha value is -4.24. The van der Waals surface area contributed by atoms with Gasteiger partial charge >= 0.3 is 9.92 Å². The molecule has 2 aromatic carbocycles. The number of nitrogens with one attached hydrogen (secondary N) is 2. The van der Waals surface area contributed by atoms with Gasteiger partial charge in [0.2, 0.25) is 5.95 Å². The fraction of sp³-hybridized carbons (Fsp3) is 0.0667. The third-order valence-corrected chi connectivity index (χ3v) is 8.80. The molecular formula is C30H26Br2N10S2. The summed E-state index contributed by atoms with van der Waals surface area (Å²) in [7, 11) is 4.17. The van der Waals surface area contributed by atoms with Gasteiger partial charge in [0.15, 0.2) is 17.2 Å². The fourth-order valence-corrected chi connectivity index (χ4v) is 6.35. The Morgan fingerprint density at radius 2 is 1.20 bits per heavy atom. The quantitative estimate of drug-likeness (QED) is 0.119. The summed E-state index contributed by atoms with van der Waals surface area (Å²) in [6.45, 7) is 0. The van der Waals surface area contributed by atoms with Crippen LogP contribution in [0, 0.1) is 0 Å². The number of hydrogen-bond donors (Lipinski definition) is 2. The first-order valence-corrected chi connectivity index (χ1v) is 14.9. The van der Waals surface area contributed by atoms with E-state index in [1.54, 1.807) is 47.4 Å². The molecule has 0 aliphatic rings. The Balaban J connectivity index is 0.00000192. The Morgan fingerprint density at radius 3 is 1.70 bits per heavy atom. The van der Waals surface area contributed by atoms with E-state index in [0.29, 0.717) is 11.8 Å². The van der Waals surface area contributed by atoms with Gasteiger partial charge in [0.1, 0.15) is 24.8 Å². The van der Waals surface area contributed by atoms with Crippen molar-refractivity contribution in [1.82, 2.24) is 18.8 Å². The van der Waals surface area contributed by atoms with E-state index in [1.165, 1.54) is 9.92 Å². The molecule has 0 amide bonds. The molecule has 44 heavy (non-hydrogen) atoms. The summed E-state index contributed by atoms with van der Waals surface area (Å²) >= 11 is 3.44. The normalized spacial score (nSPS) is 11.3. The highest BCUT2D eigenvalue weighted by Crippen LogP contribution is 2.21. The van der Waals surface area contributed by atoms with Gasteiger partial charge in [-0.2, -0.15) is 24.0 Å². The van der Waals surface area contributed by atoms with Crippen LogP contribution in [0.4, 0.5) is 11.8 Å². The van der Waals surface area contributed by atoms with E-state index < -0.39 is 0 Å². The van der Waals surface area contributed by atoms with Crippen LogP contribution in [0.1, 0.15) is 11.1 Å². The van der Waals surface area contributed by atoms with Gasteiger partial charge in [0.05, 0.1) is 26.5 Å². The minimum Gasteiger partial charge on any atom is -1.00 e. The number of imidazole rings is 2. The minimum atomic E-state index is 0. The van der Waals surface area contributed by atoms with Crippen molar-refractivity contribution in [2.75, 3.05) is 10.9 Å². The summed E-state index contributed by atoms with van der Waals surface area (Å²) in [5, 5.41) is 12.8. The lowest BCUT2D eigenvalue weighted by Gasteiger charge is -2.02. The zero-order valence-corrected chi connectivity index (χ0v) is 28.3. The molecule has 0 aliphatic heterocycles. The van der Waals surface area contributed by atoms with Crippen LogP contribution in [0.2, 0.25) is 0 Å². The molecule has 0 fully saturated rings. The number of thiazole rings is 2. The van der Waals surface area contributed by atoms with Crippen LogP contribution in [0.5, 0.6) is 0 Å². The Morgan fingerprint density at radius 1 is 0.705 bits per heavy atom. The van der Waals surface area contributed by atoms with E-state index in [-0.39, 0.29) is 34.0 Å². The largest absolute Gasteiger partial charge is 1.00 e. The van der Waals surface area contributed by atoms with Gasteiger partial charge in [-0.15, -0.1) is 0 Å². The van der Waals surface area contributed by atoms with Crippen LogP contribution in [0.15, 0.2) is 107 Å². The van der Waals surface area contributed by atoms with Crippen molar-refractivity contribution >= 4 is 56.8 Å². The van der Waals surface area contributed by atoms with E-state index >= 15 is 0 Å². The van der Waals surface area contributed by atoms with Crippen molar-refractivity contribution in [3.05, 3.63) is 107 Å². The highest BCUT2D eigenvalue weighted by molar-refractivity contribution is 7.15. The Kier molecular flexibility index (Phi) is 9.64. The average Bonchev–Trinajstić information content (AvgIpc) is 3.79. The molecule has 0 atom stereocenters. The lowest BCUT2D eigenvalue weighted by Crippen LogP contribution is -3.00. The standard InChI is InChI=1S/C30H26N10S2.2BrH/c1-37-25(19-39-13-15-41-29(37)39)23-7-3-21(4-8-23)17-32-35-27-11-12-31-28(34-27)36-33-18-22-5-9-24(10-6-22)26-20-40-14-16-42-30(40)38(26)2;;/h3-20H,1-2H3,(H2,31,34,35,36);2*1H/q+2;;/p-2/b32-17+,33-18+;;. The number of hydrogen-bond acceptors (Lipinski definition) is 8. The fourth-order valence-electron chi connectivity index (χ4n) is 4.74. The summed E-state index contributed by atoms with van der Waals surface area (Å²) in [6, 6.07) is 18.3. The lowest BCUT2D eigenvalue weighted by atomic mass is 10.1. The van der Waals surface area contributed by atoms with Crippen LogP contribution in [0.25, 0.3) is 32.4 Å². The summed E-state index contributed by atoms with van der Waals surface area (Å²) in [5.74, 6) is 0.926. The molecule has 222 valence electrons. The van der Waals surface area contributed by atoms with Crippen LogP contribution < -0.4 is 53.9 Å². The van der Waals surface area contributed by atoms with Gasteiger partial charge in [-0.05, 0) is 35.4 Å². The molecule has 7 rings (SSSR count). The number of rotatable bonds is 8. The van der Waals surface area contributed by atoms with E-state index in [0.717, 1.165) is 33.6 Å². The summed E-state index contributed by atoms with van der Waals surface area (Å²) in [5.41, 5.74) is 12.4. The molecule has 0 saturated heterocycles. The number of nitrogens with zero attached hydrogens (tertiary/aromatic N) is 8. The van der Waals surface area contributed by atoms with Gasteiger partial charge in [0, 0.05) is 34.2 Å². The predicted molar refractivity (Wildman–Crippen MR) is 168 cm³/mol.